The van der Waals surface area contributed by atoms with E-state index in [1.54, 1.807) is 36.4 Å². The van der Waals surface area contributed by atoms with Gasteiger partial charge in [-0.2, -0.15) is 26.3 Å². The van der Waals surface area contributed by atoms with Gasteiger partial charge < -0.3 is 14.2 Å². The molecule has 4 aromatic carbocycles. The van der Waals surface area contributed by atoms with E-state index in [9.17, 15) is 26.3 Å². The van der Waals surface area contributed by atoms with Crippen LogP contribution in [0, 0.1) is 23.7 Å². The van der Waals surface area contributed by atoms with Crippen LogP contribution < -0.4 is 4.74 Å². The van der Waals surface area contributed by atoms with E-state index in [-0.39, 0.29) is 12.8 Å². The zero-order valence-electron chi connectivity index (χ0n) is 37.8. The third-order valence-electron chi connectivity index (χ3n) is 13.9. The Morgan fingerprint density at radius 3 is 1.16 bits per heavy atom. The lowest BCUT2D eigenvalue weighted by Crippen LogP contribution is -2.29. The largest absolute Gasteiger partial charge is 0.457 e. The molecule has 9 heteroatoms. The monoisotopic (exact) mass is 879 g/mol. The molecule has 0 bridgehead atoms. The van der Waals surface area contributed by atoms with Crippen molar-refractivity contribution in [2.75, 3.05) is 27.4 Å². The predicted molar refractivity (Wildman–Crippen MR) is 241 cm³/mol. The number of benzene rings is 4. The fourth-order valence-corrected chi connectivity index (χ4v) is 10.3. The van der Waals surface area contributed by atoms with Gasteiger partial charge in [-0.25, -0.2) is 0 Å². The van der Waals surface area contributed by atoms with Crippen molar-refractivity contribution in [3.63, 3.8) is 0 Å². The molecule has 3 nitrogen and oxygen atoms in total. The molecule has 2 saturated carbocycles. The van der Waals surface area contributed by atoms with Crippen molar-refractivity contribution in [1.29, 1.82) is 0 Å². The second-order valence-corrected chi connectivity index (χ2v) is 18.6. The van der Waals surface area contributed by atoms with Gasteiger partial charge in [0.1, 0.15) is 11.5 Å². The lowest BCUT2D eigenvalue weighted by molar-refractivity contribution is -0.186. The zero-order valence-corrected chi connectivity index (χ0v) is 37.8. The highest BCUT2D eigenvalue weighted by Crippen LogP contribution is 2.41. The Labute approximate surface area is 372 Å². The molecule has 0 N–H and O–H groups in total. The van der Waals surface area contributed by atoms with Gasteiger partial charge in [-0.05, 0) is 145 Å². The van der Waals surface area contributed by atoms with Crippen LogP contribution >= 0.6 is 0 Å². The van der Waals surface area contributed by atoms with Crippen LogP contribution in [-0.4, -0.2) is 39.8 Å². The molecule has 2 unspecified atom stereocenters. The standard InChI is InChI=1S/C54H68F6O3/c1-5-7-37-9-19-43(20-10-37)45-23-13-39(14-24-45)29-47-31-41(33-49(35-61-3)53(55,56)57)17-27-51(47)63-52-28-18-42(34-50(36-62-4)54(58,59)60)32-48(52)30-40-15-25-46(26-16-40)44-21-11-38(8-6-2)12-22-44/h13-18,23-28,31-32,37-38,43-44,49-50H,5-12,19-22,29-30,33-36H2,1-4H3. The lowest BCUT2D eigenvalue weighted by Gasteiger charge is -2.28. The van der Waals surface area contributed by atoms with Gasteiger partial charge in [0.15, 0.2) is 0 Å². The van der Waals surface area contributed by atoms with Gasteiger partial charge in [0.2, 0.25) is 0 Å². The first-order valence-corrected chi connectivity index (χ1v) is 23.5. The molecule has 4 aromatic rings. The summed E-state index contributed by atoms with van der Waals surface area (Å²) in [6.07, 6.45) is 6.22. The maximum Gasteiger partial charge on any atom is 0.394 e. The van der Waals surface area contributed by atoms with Crippen LogP contribution in [-0.2, 0) is 35.2 Å². The number of hydrogen-bond acceptors (Lipinski definition) is 3. The van der Waals surface area contributed by atoms with Crippen molar-refractivity contribution in [3.05, 3.63) is 129 Å². The highest BCUT2D eigenvalue weighted by atomic mass is 19.4. The van der Waals surface area contributed by atoms with E-state index >= 15 is 0 Å². The molecule has 0 aliphatic heterocycles. The fourth-order valence-electron chi connectivity index (χ4n) is 10.3. The molecule has 2 aliphatic carbocycles. The second-order valence-electron chi connectivity index (χ2n) is 18.6. The van der Waals surface area contributed by atoms with Crippen molar-refractivity contribution >= 4 is 0 Å². The number of halogens is 6. The van der Waals surface area contributed by atoms with Crippen LogP contribution in [0.4, 0.5) is 26.3 Å². The maximum atomic E-state index is 14.1. The van der Waals surface area contributed by atoms with E-state index in [2.05, 4.69) is 62.4 Å². The molecule has 0 amide bonds. The number of rotatable bonds is 20. The Bertz CT molecular complexity index is 1830. The average molecular weight is 879 g/mol. The summed E-state index contributed by atoms with van der Waals surface area (Å²) in [7, 11) is 2.55. The summed E-state index contributed by atoms with van der Waals surface area (Å²) in [5, 5.41) is 0. The summed E-state index contributed by atoms with van der Waals surface area (Å²) in [6, 6.07) is 27.6. The first kappa shape index (κ1) is 48.6. The highest BCUT2D eigenvalue weighted by Gasteiger charge is 2.40. The molecule has 2 fully saturated rings. The Hall–Kier alpha value is -3.82. The number of methoxy groups -OCH3 is 2. The van der Waals surface area contributed by atoms with Gasteiger partial charge in [-0.3, -0.25) is 0 Å². The van der Waals surface area contributed by atoms with Crippen LogP contribution in [0.5, 0.6) is 11.5 Å². The van der Waals surface area contributed by atoms with Gasteiger partial charge in [-0.1, -0.05) is 112 Å². The maximum absolute atomic E-state index is 14.1. The molecule has 6 rings (SSSR count). The summed E-state index contributed by atoms with van der Waals surface area (Å²) >= 11 is 0. The van der Waals surface area contributed by atoms with Gasteiger partial charge in [0.25, 0.3) is 0 Å². The Balaban J connectivity index is 1.30. The molecule has 344 valence electrons. The number of ether oxygens (including phenoxy) is 3. The molecular weight excluding hydrogens is 811 g/mol. The highest BCUT2D eigenvalue weighted by molar-refractivity contribution is 5.48. The molecule has 0 spiro atoms. The molecule has 2 atom stereocenters. The van der Waals surface area contributed by atoms with E-state index < -0.39 is 37.4 Å². The molecule has 63 heavy (non-hydrogen) atoms. The smallest absolute Gasteiger partial charge is 0.394 e. The van der Waals surface area contributed by atoms with Crippen LogP contribution in [0.3, 0.4) is 0 Å². The molecule has 0 saturated heterocycles. The second kappa shape index (κ2) is 22.9. The minimum absolute atomic E-state index is 0.248. The van der Waals surface area contributed by atoms with Gasteiger partial charge >= 0.3 is 12.4 Å². The van der Waals surface area contributed by atoms with E-state index in [1.165, 1.54) is 102 Å². The third-order valence-corrected chi connectivity index (χ3v) is 13.9. The van der Waals surface area contributed by atoms with Gasteiger partial charge in [0.05, 0.1) is 25.0 Å². The van der Waals surface area contributed by atoms with Crippen molar-refractivity contribution < 1.29 is 40.6 Å². The quantitative estimate of drug-likeness (QED) is 0.0828. The third kappa shape index (κ3) is 14.1. The molecular formula is C54H68F6O3. The molecule has 0 aromatic heterocycles. The molecule has 0 radical (unpaired) electrons. The Morgan fingerprint density at radius 2 is 0.841 bits per heavy atom. The summed E-state index contributed by atoms with van der Waals surface area (Å²) in [6.45, 7) is 3.60. The minimum atomic E-state index is -4.44. The minimum Gasteiger partial charge on any atom is -0.457 e. The van der Waals surface area contributed by atoms with E-state index in [1.807, 2.05) is 0 Å². The fraction of sp³-hybridized carbons (Fsp3) is 0.556. The SMILES string of the molecule is CCCC1CCC(c2ccc(Cc3cc(CC(COC)C(F)(F)F)ccc3Oc3ccc(CC(COC)C(F)(F)F)cc3Cc3ccc(C4CCC(CCC)CC4)cc3)cc2)CC1. The first-order valence-electron chi connectivity index (χ1n) is 23.5. The van der Waals surface area contributed by atoms with Crippen LogP contribution in [0.25, 0.3) is 0 Å². The predicted octanol–water partition coefficient (Wildman–Crippen LogP) is 15.5. The summed E-state index contributed by atoms with van der Waals surface area (Å²) in [5.74, 6) is 0.310. The van der Waals surface area contributed by atoms with Crippen LogP contribution in [0.2, 0.25) is 0 Å². The number of hydrogen-bond donors (Lipinski definition) is 0. The van der Waals surface area contributed by atoms with E-state index in [4.69, 9.17) is 14.2 Å². The Kier molecular flexibility index (Phi) is 17.7. The van der Waals surface area contributed by atoms with E-state index in [0.29, 0.717) is 47.3 Å². The average Bonchev–Trinajstić information content (AvgIpc) is 3.26. The Morgan fingerprint density at radius 1 is 0.492 bits per heavy atom. The van der Waals surface area contributed by atoms with Crippen molar-refractivity contribution in [1.82, 2.24) is 0 Å². The molecule has 2 aliphatic rings. The lowest BCUT2D eigenvalue weighted by atomic mass is 9.77. The zero-order chi connectivity index (χ0) is 45.0. The van der Waals surface area contributed by atoms with Gasteiger partial charge in [-0.15, -0.1) is 0 Å². The molecule has 0 heterocycles. The summed E-state index contributed by atoms with van der Waals surface area (Å²) in [5.41, 5.74) is 7.15. The summed E-state index contributed by atoms with van der Waals surface area (Å²) in [4.78, 5) is 0. The van der Waals surface area contributed by atoms with E-state index in [0.717, 1.165) is 34.1 Å². The normalized spacial score (nSPS) is 20.7. The van der Waals surface area contributed by atoms with Crippen molar-refractivity contribution in [2.45, 2.75) is 141 Å². The van der Waals surface area contributed by atoms with Crippen molar-refractivity contribution in [2.24, 2.45) is 23.7 Å². The first-order chi connectivity index (χ1) is 30.3. The summed E-state index contributed by atoms with van der Waals surface area (Å²) < 4.78 is 101. The van der Waals surface area contributed by atoms with Crippen molar-refractivity contribution in [3.8, 4) is 11.5 Å². The van der Waals surface area contributed by atoms with Gasteiger partial charge in [0, 0.05) is 27.1 Å². The topological polar surface area (TPSA) is 27.7 Å². The van der Waals surface area contributed by atoms with Crippen LogP contribution in [0.1, 0.15) is 147 Å². The number of alkyl halides is 6. The van der Waals surface area contributed by atoms with Crippen LogP contribution in [0.15, 0.2) is 84.9 Å².